The summed E-state index contributed by atoms with van der Waals surface area (Å²) in [5.41, 5.74) is 2.16. The predicted octanol–water partition coefficient (Wildman–Crippen LogP) is 2.98. The molecule has 1 aliphatic heterocycles. The Morgan fingerprint density at radius 1 is 1.50 bits per heavy atom. The molecule has 0 saturated carbocycles. The van der Waals surface area contributed by atoms with Gasteiger partial charge in [0.1, 0.15) is 16.9 Å². The molecule has 106 valence electrons. The van der Waals surface area contributed by atoms with Crippen LogP contribution in [0, 0.1) is 6.92 Å². The third-order valence-corrected chi connectivity index (χ3v) is 4.51. The first-order valence-electron chi connectivity index (χ1n) is 6.87. The molecule has 4 nitrogen and oxygen atoms in total. The minimum atomic E-state index is 0.147. The Kier molecular flexibility index (Phi) is 3.89. The van der Waals surface area contributed by atoms with Crippen molar-refractivity contribution in [3.63, 3.8) is 0 Å². The number of nitrogens with one attached hydrogen (secondary N) is 2. The highest BCUT2D eigenvalue weighted by atomic mass is 32.1. The number of hydrogen-bond acceptors (Lipinski definition) is 5. The molecule has 0 aliphatic carbocycles. The highest BCUT2D eigenvalue weighted by molar-refractivity contribution is 7.09. The van der Waals surface area contributed by atoms with E-state index in [4.69, 9.17) is 4.74 Å². The molecule has 1 aromatic heterocycles. The van der Waals surface area contributed by atoms with Gasteiger partial charge in [-0.25, -0.2) is 4.98 Å². The van der Waals surface area contributed by atoms with Gasteiger partial charge >= 0.3 is 0 Å². The van der Waals surface area contributed by atoms with E-state index in [-0.39, 0.29) is 12.1 Å². The number of anilines is 1. The number of aryl methyl sites for hydroxylation is 1. The molecule has 3 rings (SSSR count). The number of rotatable bonds is 4. The van der Waals surface area contributed by atoms with Crippen LogP contribution in [0.5, 0.6) is 5.75 Å². The second-order valence-corrected chi connectivity index (χ2v) is 5.96. The van der Waals surface area contributed by atoms with Crippen molar-refractivity contribution in [1.82, 2.24) is 10.3 Å². The monoisotopic (exact) mass is 289 g/mol. The number of benzene rings is 1. The molecule has 2 aromatic rings. The topological polar surface area (TPSA) is 46.2 Å². The van der Waals surface area contributed by atoms with Gasteiger partial charge in [0.2, 0.25) is 0 Å². The molecule has 1 aromatic carbocycles. The van der Waals surface area contributed by atoms with Gasteiger partial charge in [-0.3, -0.25) is 0 Å². The number of para-hydroxylation sites is 2. The molecule has 5 heteroatoms. The fourth-order valence-corrected chi connectivity index (χ4v) is 3.07. The Bertz CT molecular complexity index is 584. The Hall–Kier alpha value is -1.59. The summed E-state index contributed by atoms with van der Waals surface area (Å²) in [4.78, 5) is 4.51. The molecule has 1 aliphatic rings. The summed E-state index contributed by atoms with van der Waals surface area (Å²) in [6, 6.07) is 8.31. The lowest BCUT2D eigenvalue weighted by Crippen LogP contribution is -2.40. The maximum absolute atomic E-state index is 5.98. The van der Waals surface area contributed by atoms with Crippen LogP contribution in [0.25, 0.3) is 0 Å². The van der Waals surface area contributed by atoms with Crippen molar-refractivity contribution in [3.05, 3.63) is 40.3 Å². The summed E-state index contributed by atoms with van der Waals surface area (Å²) in [6.07, 6.45) is 0.147. The summed E-state index contributed by atoms with van der Waals surface area (Å²) in [6.45, 7) is 5.80. The normalized spacial score (nSPS) is 18.8. The van der Waals surface area contributed by atoms with Gasteiger partial charge in [-0.15, -0.1) is 11.3 Å². The van der Waals surface area contributed by atoms with Gasteiger partial charge in [-0.1, -0.05) is 12.1 Å². The van der Waals surface area contributed by atoms with Crippen LogP contribution in [0.4, 0.5) is 5.69 Å². The van der Waals surface area contributed by atoms with Crippen molar-refractivity contribution >= 4 is 17.0 Å². The molecule has 0 bridgehead atoms. The summed E-state index contributed by atoms with van der Waals surface area (Å²) >= 11 is 1.70. The van der Waals surface area contributed by atoms with Crippen molar-refractivity contribution < 1.29 is 4.74 Å². The molecule has 2 unspecified atom stereocenters. The summed E-state index contributed by atoms with van der Waals surface area (Å²) in [5.74, 6) is 0.934. The Labute approximate surface area is 123 Å². The maximum Gasteiger partial charge on any atom is 0.142 e. The van der Waals surface area contributed by atoms with E-state index >= 15 is 0 Å². The fraction of sp³-hybridized carbons (Fsp3) is 0.400. The molecule has 2 N–H and O–H groups in total. The molecular weight excluding hydrogens is 270 g/mol. The average Bonchev–Trinajstić information content (AvgIpc) is 2.91. The Morgan fingerprint density at radius 3 is 3.15 bits per heavy atom. The lowest BCUT2D eigenvalue weighted by Gasteiger charge is -2.28. The van der Waals surface area contributed by atoms with Crippen LogP contribution in [0.15, 0.2) is 29.6 Å². The van der Waals surface area contributed by atoms with Gasteiger partial charge in [-0.2, -0.15) is 0 Å². The van der Waals surface area contributed by atoms with Crippen LogP contribution in [-0.4, -0.2) is 24.2 Å². The van der Waals surface area contributed by atoms with Crippen molar-refractivity contribution in [3.8, 4) is 5.75 Å². The third kappa shape index (κ3) is 2.94. The van der Waals surface area contributed by atoms with Crippen molar-refractivity contribution in [2.75, 3.05) is 18.4 Å². The van der Waals surface area contributed by atoms with Crippen LogP contribution >= 0.6 is 11.3 Å². The van der Waals surface area contributed by atoms with E-state index in [9.17, 15) is 0 Å². The molecule has 0 radical (unpaired) electrons. The Balaban J connectivity index is 1.55. The lowest BCUT2D eigenvalue weighted by atomic mass is 10.2. The first kappa shape index (κ1) is 13.4. The van der Waals surface area contributed by atoms with Crippen molar-refractivity contribution in [2.45, 2.75) is 26.0 Å². The van der Waals surface area contributed by atoms with E-state index in [1.807, 2.05) is 31.2 Å². The van der Waals surface area contributed by atoms with E-state index in [0.29, 0.717) is 0 Å². The number of thiazole rings is 1. The van der Waals surface area contributed by atoms with Crippen LogP contribution in [0.2, 0.25) is 0 Å². The largest absolute Gasteiger partial charge is 0.485 e. The maximum atomic E-state index is 5.98. The van der Waals surface area contributed by atoms with Crippen LogP contribution in [-0.2, 0) is 0 Å². The first-order chi connectivity index (χ1) is 9.72. The van der Waals surface area contributed by atoms with Crippen LogP contribution < -0.4 is 15.4 Å². The van der Waals surface area contributed by atoms with Crippen molar-refractivity contribution in [1.29, 1.82) is 0 Å². The minimum Gasteiger partial charge on any atom is -0.485 e. The zero-order valence-corrected chi connectivity index (χ0v) is 12.5. The van der Waals surface area contributed by atoms with E-state index in [2.05, 4.69) is 27.9 Å². The molecule has 0 amide bonds. The van der Waals surface area contributed by atoms with E-state index in [1.165, 1.54) is 0 Å². The number of nitrogens with zero attached hydrogens (tertiary/aromatic N) is 1. The lowest BCUT2D eigenvalue weighted by molar-refractivity contribution is 0.198. The molecular formula is C15H19N3OS. The number of fused-ring (bicyclic) bond motifs is 1. The van der Waals surface area contributed by atoms with Gasteiger partial charge in [0.05, 0.1) is 18.3 Å². The number of aromatic nitrogens is 1. The minimum absolute atomic E-state index is 0.147. The Morgan fingerprint density at radius 2 is 2.35 bits per heavy atom. The predicted molar refractivity (Wildman–Crippen MR) is 82.6 cm³/mol. The van der Waals surface area contributed by atoms with Gasteiger partial charge in [-0.05, 0) is 26.0 Å². The van der Waals surface area contributed by atoms with Gasteiger partial charge in [0.15, 0.2) is 0 Å². The molecule has 2 heterocycles. The SMILES string of the molecule is Cc1csc(C(C)NCC2CNc3ccccc3O2)n1. The van der Waals surface area contributed by atoms with Gasteiger partial charge in [0.25, 0.3) is 0 Å². The smallest absolute Gasteiger partial charge is 0.142 e. The highest BCUT2D eigenvalue weighted by Gasteiger charge is 2.19. The standard InChI is InChI=1S/C15H19N3OS/c1-10-9-20-15(18-10)11(2)16-7-12-8-17-13-5-3-4-6-14(13)19-12/h3-6,9,11-12,16-17H,7-8H2,1-2H3. The van der Waals surface area contributed by atoms with E-state index in [0.717, 1.165) is 35.2 Å². The fourth-order valence-electron chi connectivity index (χ4n) is 2.24. The van der Waals surface area contributed by atoms with Gasteiger partial charge < -0.3 is 15.4 Å². The van der Waals surface area contributed by atoms with E-state index in [1.54, 1.807) is 11.3 Å². The molecule has 0 spiro atoms. The zero-order valence-electron chi connectivity index (χ0n) is 11.7. The quantitative estimate of drug-likeness (QED) is 0.908. The third-order valence-electron chi connectivity index (χ3n) is 3.36. The molecule has 0 fully saturated rings. The number of ether oxygens (including phenoxy) is 1. The second kappa shape index (κ2) is 5.81. The van der Waals surface area contributed by atoms with Crippen molar-refractivity contribution in [2.24, 2.45) is 0 Å². The van der Waals surface area contributed by atoms with Crippen LogP contribution in [0.3, 0.4) is 0 Å². The molecule has 2 atom stereocenters. The zero-order chi connectivity index (χ0) is 13.9. The number of hydrogen-bond donors (Lipinski definition) is 2. The molecule has 0 saturated heterocycles. The highest BCUT2D eigenvalue weighted by Crippen LogP contribution is 2.28. The first-order valence-corrected chi connectivity index (χ1v) is 7.75. The average molecular weight is 289 g/mol. The summed E-state index contributed by atoms with van der Waals surface area (Å²) in [7, 11) is 0. The second-order valence-electron chi connectivity index (χ2n) is 5.07. The van der Waals surface area contributed by atoms with Gasteiger partial charge in [0, 0.05) is 17.6 Å². The van der Waals surface area contributed by atoms with Crippen LogP contribution in [0.1, 0.15) is 23.7 Å². The van der Waals surface area contributed by atoms with E-state index < -0.39 is 0 Å². The molecule has 20 heavy (non-hydrogen) atoms. The summed E-state index contributed by atoms with van der Waals surface area (Å²) in [5, 5.41) is 10.1. The summed E-state index contributed by atoms with van der Waals surface area (Å²) < 4.78 is 5.98.